The van der Waals surface area contributed by atoms with Crippen molar-refractivity contribution in [1.29, 1.82) is 5.26 Å². The topological polar surface area (TPSA) is 57.0 Å². The third-order valence-corrected chi connectivity index (χ3v) is 3.54. The number of carbonyl (C=O) groups excluding carboxylic acids is 1. The fraction of sp³-hybridized carbons (Fsp3) is 0.188. The number of aldehydes is 1. The molecular weight excluding hydrogens is 330 g/mol. The Morgan fingerprint density at radius 2 is 2.24 bits per heavy atom. The maximum Gasteiger partial charge on any atom is 0.152 e. The Morgan fingerprint density at radius 3 is 2.90 bits per heavy atom. The van der Waals surface area contributed by atoms with E-state index < -0.39 is 0 Å². The molecule has 0 amide bonds. The highest BCUT2D eigenvalue weighted by Gasteiger charge is 2.12. The zero-order chi connectivity index (χ0) is 15.1. The molecule has 0 unspecified atom stereocenters. The summed E-state index contributed by atoms with van der Waals surface area (Å²) in [6.45, 7) is 1.17. The van der Waals surface area contributed by atoms with Crippen LogP contribution in [-0.4, -0.2) is 17.8 Å². The first-order chi connectivity index (χ1) is 10.2. The number of nitriles is 1. The quantitative estimate of drug-likeness (QED) is 0.752. The lowest BCUT2D eigenvalue weighted by Crippen LogP contribution is -2.25. The normalized spacial score (nSPS) is 9.90. The molecular formula is C16H14BrN3O. The van der Waals surface area contributed by atoms with Crippen molar-refractivity contribution in [3.63, 3.8) is 0 Å². The summed E-state index contributed by atoms with van der Waals surface area (Å²) < 4.78 is 0.856. The smallest absolute Gasteiger partial charge is 0.152 e. The summed E-state index contributed by atoms with van der Waals surface area (Å²) in [5, 5.41) is 8.83. The van der Waals surface area contributed by atoms with E-state index in [9.17, 15) is 4.79 Å². The molecule has 1 heterocycles. The van der Waals surface area contributed by atoms with Gasteiger partial charge in [0.15, 0.2) is 6.29 Å². The molecule has 21 heavy (non-hydrogen) atoms. The third-order valence-electron chi connectivity index (χ3n) is 3.05. The lowest BCUT2D eigenvalue weighted by Gasteiger charge is -2.25. The van der Waals surface area contributed by atoms with Crippen LogP contribution in [0.1, 0.15) is 22.3 Å². The Labute approximate surface area is 132 Å². The van der Waals surface area contributed by atoms with Gasteiger partial charge >= 0.3 is 0 Å². The minimum Gasteiger partial charge on any atom is -0.366 e. The number of hydrogen-bond acceptors (Lipinski definition) is 4. The van der Waals surface area contributed by atoms with E-state index in [2.05, 4.69) is 27.0 Å². The van der Waals surface area contributed by atoms with Gasteiger partial charge in [-0.3, -0.25) is 9.78 Å². The maximum absolute atomic E-state index is 11.3. The zero-order valence-corrected chi connectivity index (χ0v) is 13.0. The first-order valence-corrected chi connectivity index (χ1v) is 7.29. The van der Waals surface area contributed by atoms with Crippen LogP contribution in [-0.2, 0) is 6.54 Å². The number of carbonyl (C=O) groups is 1. The molecule has 106 valence electrons. The Kier molecular flexibility index (Phi) is 5.47. The average Bonchev–Trinajstić information content (AvgIpc) is 2.52. The van der Waals surface area contributed by atoms with Crippen molar-refractivity contribution in [2.45, 2.75) is 13.0 Å². The lowest BCUT2D eigenvalue weighted by atomic mass is 10.1. The molecule has 1 aromatic carbocycles. The molecule has 2 aromatic rings. The van der Waals surface area contributed by atoms with Crippen molar-refractivity contribution in [3.8, 4) is 6.07 Å². The second-order valence-electron chi connectivity index (χ2n) is 4.51. The number of benzene rings is 1. The fourth-order valence-electron chi connectivity index (χ4n) is 2.09. The summed E-state index contributed by atoms with van der Waals surface area (Å²) in [4.78, 5) is 17.4. The van der Waals surface area contributed by atoms with E-state index in [0.29, 0.717) is 25.1 Å². The standard InChI is InChI=1S/C16H14BrN3O/c17-15-4-5-16(14(9-15)12-21)20(8-2-6-18)11-13-3-1-7-19-10-13/h1,3-5,7,9-10,12H,2,8,11H2. The molecule has 0 saturated carbocycles. The number of rotatable bonds is 6. The van der Waals surface area contributed by atoms with E-state index in [1.54, 1.807) is 18.5 Å². The number of hydrogen-bond donors (Lipinski definition) is 0. The molecule has 4 nitrogen and oxygen atoms in total. The minimum absolute atomic E-state index is 0.397. The van der Waals surface area contributed by atoms with Gasteiger partial charge in [-0.25, -0.2) is 0 Å². The summed E-state index contributed by atoms with van der Waals surface area (Å²) >= 11 is 3.37. The Hall–Kier alpha value is -2.19. The predicted octanol–water partition coefficient (Wildman–Crippen LogP) is 3.58. The van der Waals surface area contributed by atoms with Crippen molar-refractivity contribution in [3.05, 3.63) is 58.3 Å². The molecule has 0 N–H and O–H groups in total. The van der Waals surface area contributed by atoms with Gasteiger partial charge in [0, 0.05) is 41.2 Å². The molecule has 2 rings (SSSR count). The molecule has 0 aliphatic heterocycles. The Balaban J connectivity index is 2.31. The van der Waals surface area contributed by atoms with E-state index in [1.165, 1.54) is 0 Å². The first kappa shape index (κ1) is 15.2. The number of pyridine rings is 1. The summed E-state index contributed by atoms with van der Waals surface area (Å²) in [6, 6.07) is 11.6. The lowest BCUT2D eigenvalue weighted by molar-refractivity contribution is 0.112. The number of halogens is 1. The molecule has 0 aliphatic carbocycles. The predicted molar refractivity (Wildman–Crippen MR) is 85.0 cm³/mol. The van der Waals surface area contributed by atoms with Gasteiger partial charge in [0.2, 0.25) is 0 Å². The highest BCUT2D eigenvalue weighted by molar-refractivity contribution is 9.10. The number of nitrogens with zero attached hydrogens (tertiary/aromatic N) is 3. The van der Waals surface area contributed by atoms with Crippen molar-refractivity contribution in [2.24, 2.45) is 0 Å². The number of aromatic nitrogens is 1. The molecule has 0 spiro atoms. The van der Waals surface area contributed by atoms with Crippen LogP contribution in [0.25, 0.3) is 0 Å². The van der Waals surface area contributed by atoms with Gasteiger partial charge in [0.05, 0.1) is 12.5 Å². The summed E-state index contributed by atoms with van der Waals surface area (Å²) in [5.41, 5.74) is 2.47. The van der Waals surface area contributed by atoms with Crippen molar-refractivity contribution in [1.82, 2.24) is 4.98 Å². The van der Waals surface area contributed by atoms with Gasteiger partial charge in [-0.05, 0) is 29.8 Å². The Morgan fingerprint density at radius 1 is 1.38 bits per heavy atom. The Bertz CT molecular complexity index is 652. The van der Waals surface area contributed by atoms with E-state index in [0.717, 1.165) is 22.0 Å². The summed E-state index contributed by atoms with van der Waals surface area (Å²) in [7, 11) is 0. The summed E-state index contributed by atoms with van der Waals surface area (Å²) in [6.07, 6.45) is 4.75. The van der Waals surface area contributed by atoms with Crippen LogP contribution in [0.3, 0.4) is 0 Å². The SMILES string of the molecule is N#CCCN(Cc1cccnc1)c1ccc(Br)cc1C=O. The molecule has 5 heteroatoms. The first-order valence-electron chi connectivity index (χ1n) is 6.50. The van der Waals surface area contributed by atoms with Crippen LogP contribution in [0.4, 0.5) is 5.69 Å². The fourth-order valence-corrected chi connectivity index (χ4v) is 2.47. The third kappa shape index (κ3) is 4.14. The van der Waals surface area contributed by atoms with Crippen LogP contribution in [0.2, 0.25) is 0 Å². The second kappa shape index (κ2) is 7.55. The van der Waals surface area contributed by atoms with Crippen molar-refractivity contribution in [2.75, 3.05) is 11.4 Å². The molecule has 0 fully saturated rings. The van der Waals surface area contributed by atoms with E-state index in [-0.39, 0.29) is 0 Å². The highest BCUT2D eigenvalue weighted by atomic mass is 79.9. The van der Waals surface area contributed by atoms with Gasteiger partial charge in [-0.2, -0.15) is 5.26 Å². The molecule has 0 atom stereocenters. The minimum atomic E-state index is 0.397. The van der Waals surface area contributed by atoms with Crippen LogP contribution < -0.4 is 4.90 Å². The van der Waals surface area contributed by atoms with Crippen molar-refractivity contribution < 1.29 is 4.79 Å². The molecule has 0 bridgehead atoms. The largest absolute Gasteiger partial charge is 0.366 e. The van der Waals surface area contributed by atoms with Gasteiger partial charge in [0.25, 0.3) is 0 Å². The van der Waals surface area contributed by atoms with Gasteiger partial charge < -0.3 is 4.90 Å². The number of anilines is 1. The maximum atomic E-state index is 11.3. The monoisotopic (exact) mass is 343 g/mol. The summed E-state index contributed by atoms with van der Waals surface area (Å²) in [5.74, 6) is 0. The van der Waals surface area contributed by atoms with Crippen molar-refractivity contribution >= 4 is 27.9 Å². The second-order valence-corrected chi connectivity index (χ2v) is 5.43. The molecule has 0 saturated heterocycles. The van der Waals surface area contributed by atoms with E-state index in [4.69, 9.17) is 5.26 Å². The molecule has 1 aromatic heterocycles. The van der Waals surface area contributed by atoms with Gasteiger partial charge in [-0.1, -0.05) is 22.0 Å². The molecule has 0 aliphatic rings. The molecule has 0 radical (unpaired) electrons. The van der Waals surface area contributed by atoms with Crippen LogP contribution in [0.5, 0.6) is 0 Å². The van der Waals surface area contributed by atoms with Gasteiger partial charge in [-0.15, -0.1) is 0 Å². The van der Waals surface area contributed by atoms with E-state index in [1.807, 2.05) is 29.2 Å². The van der Waals surface area contributed by atoms with E-state index >= 15 is 0 Å². The zero-order valence-electron chi connectivity index (χ0n) is 11.4. The average molecular weight is 344 g/mol. The highest BCUT2D eigenvalue weighted by Crippen LogP contribution is 2.25. The van der Waals surface area contributed by atoms with Crippen LogP contribution >= 0.6 is 15.9 Å². The van der Waals surface area contributed by atoms with Gasteiger partial charge in [0.1, 0.15) is 0 Å². The van der Waals surface area contributed by atoms with Crippen LogP contribution in [0, 0.1) is 11.3 Å². The van der Waals surface area contributed by atoms with Crippen LogP contribution in [0.15, 0.2) is 47.2 Å².